The van der Waals surface area contributed by atoms with Gasteiger partial charge < -0.3 is 9.80 Å². The Kier molecular flexibility index (Phi) is 6.29. The largest absolute Gasteiger partial charge is 0.339 e. The number of amides is 2. The van der Waals surface area contributed by atoms with Gasteiger partial charge in [0.15, 0.2) is 0 Å². The third kappa shape index (κ3) is 4.63. The predicted molar refractivity (Wildman–Crippen MR) is 116 cm³/mol. The van der Waals surface area contributed by atoms with Crippen molar-refractivity contribution in [2.75, 3.05) is 26.2 Å². The van der Waals surface area contributed by atoms with Crippen LogP contribution in [-0.4, -0.2) is 52.8 Å². The average Bonchev–Trinajstić information content (AvgIpc) is 3.18. The summed E-state index contributed by atoms with van der Waals surface area (Å²) in [5, 5.41) is 1.37. The van der Waals surface area contributed by atoms with Gasteiger partial charge in [0.25, 0.3) is 5.91 Å². The molecule has 0 spiro atoms. The molecule has 8 heteroatoms. The summed E-state index contributed by atoms with van der Waals surface area (Å²) in [4.78, 5) is 33.1. The smallest absolute Gasteiger partial charge is 0.257 e. The van der Waals surface area contributed by atoms with E-state index in [4.69, 9.17) is 11.6 Å². The molecular weight excluding hydrogens is 425 g/mol. The summed E-state index contributed by atoms with van der Waals surface area (Å²) in [6.07, 6.45) is 1.97. The lowest BCUT2D eigenvalue weighted by Crippen LogP contribution is -2.50. The number of rotatable bonds is 5. The van der Waals surface area contributed by atoms with Crippen LogP contribution in [0.15, 0.2) is 42.5 Å². The van der Waals surface area contributed by atoms with Gasteiger partial charge in [-0.1, -0.05) is 23.7 Å². The first-order chi connectivity index (χ1) is 14.5. The molecule has 0 saturated carbocycles. The fourth-order valence-corrected chi connectivity index (χ4v) is 4.75. The zero-order valence-electron chi connectivity index (χ0n) is 16.3. The molecule has 0 unspecified atom stereocenters. The summed E-state index contributed by atoms with van der Waals surface area (Å²) < 4.78 is 15.1. The Morgan fingerprint density at radius 1 is 1.07 bits per heavy atom. The summed E-state index contributed by atoms with van der Waals surface area (Å²) in [5.74, 6) is -0.896. The second-order valence-corrected chi connectivity index (χ2v) is 8.78. The van der Waals surface area contributed by atoms with Gasteiger partial charge in [0, 0.05) is 37.6 Å². The molecule has 1 aromatic heterocycles. The number of halogens is 2. The summed E-state index contributed by atoms with van der Waals surface area (Å²) in [7, 11) is 0. The molecule has 0 radical (unpaired) electrons. The van der Waals surface area contributed by atoms with Crippen LogP contribution < -0.4 is 0 Å². The van der Waals surface area contributed by atoms with E-state index in [9.17, 15) is 14.0 Å². The highest BCUT2D eigenvalue weighted by Gasteiger charge is 2.26. The normalized spacial score (nSPS) is 14.3. The maximum atomic E-state index is 14.0. The quantitative estimate of drug-likeness (QED) is 0.585. The Morgan fingerprint density at radius 3 is 2.57 bits per heavy atom. The van der Waals surface area contributed by atoms with E-state index in [1.807, 2.05) is 18.2 Å². The molecule has 2 aromatic carbocycles. The van der Waals surface area contributed by atoms with E-state index in [-0.39, 0.29) is 11.5 Å². The van der Waals surface area contributed by atoms with Crippen LogP contribution in [-0.2, 0) is 11.2 Å². The van der Waals surface area contributed by atoms with Crippen molar-refractivity contribution in [3.8, 4) is 0 Å². The molecule has 1 saturated heterocycles. The van der Waals surface area contributed by atoms with Crippen LogP contribution in [0.3, 0.4) is 0 Å². The summed E-state index contributed by atoms with van der Waals surface area (Å²) >= 11 is 7.55. The lowest BCUT2D eigenvalue weighted by atomic mass is 10.1. The molecule has 156 valence electrons. The zero-order chi connectivity index (χ0) is 21.1. The number of aromatic nitrogens is 1. The van der Waals surface area contributed by atoms with Crippen molar-refractivity contribution in [3.05, 3.63) is 63.9 Å². The first kappa shape index (κ1) is 20.8. The Hall–Kier alpha value is -2.51. The van der Waals surface area contributed by atoms with Crippen molar-refractivity contribution >= 4 is 45.0 Å². The van der Waals surface area contributed by atoms with Crippen molar-refractivity contribution in [2.24, 2.45) is 0 Å². The molecule has 0 aliphatic carbocycles. The highest BCUT2D eigenvalue weighted by atomic mass is 35.5. The van der Waals surface area contributed by atoms with Gasteiger partial charge in [-0.3, -0.25) is 9.59 Å². The third-order valence-corrected chi connectivity index (χ3v) is 6.53. The lowest BCUT2D eigenvalue weighted by molar-refractivity contribution is -0.132. The van der Waals surface area contributed by atoms with Crippen molar-refractivity contribution in [1.29, 1.82) is 0 Å². The minimum atomic E-state index is -0.585. The van der Waals surface area contributed by atoms with Crippen molar-refractivity contribution in [3.63, 3.8) is 0 Å². The van der Waals surface area contributed by atoms with E-state index in [1.165, 1.54) is 18.2 Å². The van der Waals surface area contributed by atoms with Gasteiger partial charge in [-0.2, -0.15) is 0 Å². The minimum absolute atomic E-state index is 0.0295. The number of fused-ring (bicyclic) bond motifs is 1. The summed E-state index contributed by atoms with van der Waals surface area (Å²) in [5.41, 5.74) is 0.971. The number of hydrogen-bond acceptors (Lipinski definition) is 4. The van der Waals surface area contributed by atoms with E-state index in [0.717, 1.165) is 28.1 Å². The topological polar surface area (TPSA) is 53.5 Å². The van der Waals surface area contributed by atoms with E-state index in [1.54, 1.807) is 21.1 Å². The Morgan fingerprint density at radius 2 is 1.80 bits per heavy atom. The highest BCUT2D eigenvalue weighted by Crippen LogP contribution is 2.23. The van der Waals surface area contributed by atoms with Crippen LogP contribution >= 0.6 is 22.9 Å². The van der Waals surface area contributed by atoms with E-state index in [2.05, 4.69) is 11.1 Å². The molecular formula is C22H21ClFN3O2S. The number of nitrogens with zero attached hydrogens (tertiary/aromatic N) is 3. The Labute approximate surface area is 183 Å². The molecule has 3 aromatic rings. The molecule has 0 bridgehead atoms. The monoisotopic (exact) mass is 445 g/mol. The number of thiazole rings is 1. The SMILES string of the molecule is O=C(CCCc1nc2ccccc2s1)N1CCN(C(=O)c2cc(Cl)ccc2F)CC1. The van der Waals surface area contributed by atoms with E-state index in [0.29, 0.717) is 37.6 Å². The van der Waals surface area contributed by atoms with Crippen molar-refractivity contribution < 1.29 is 14.0 Å². The fourth-order valence-electron chi connectivity index (χ4n) is 3.57. The molecule has 2 heterocycles. The molecule has 1 fully saturated rings. The predicted octanol–water partition coefficient (Wildman–Crippen LogP) is 4.40. The van der Waals surface area contributed by atoms with Crippen molar-refractivity contribution in [1.82, 2.24) is 14.8 Å². The minimum Gasteiger partial charge on any atom is -0.339 e. The first-order valence-electron chi connectivity index (χ1n) is 9.88. The second-order valence-electron chi connectivity index (χ2n) is 7.23. The first-order valence-corrected chi connectivity index (χ1v) is 11.1. The van der Waals surface area contributed by atoms with Crippen LogP contribution in [0.4, 0.5) is 4.39 Å². The number of piperazine rings is 1. The van der Waals surface area contributed by atoms with Gasteiger partial charge in [-0.25, -0.2) is 9.37 Å². The van der Waals surface area contributed by atoms with Gasteiger partial charge in [0.1, 0.15) is 5.82 Å². The fraction of sp³-hybridized carbons (Fsp3) is 0.318. The number of aryl methyl sites for hydroxylation is 1. The number of para-hydroxylation sites is 1. The van der Waals surface area contributed by atoms with Crippen LogP contribution in [0.5, 0.6) is 0 Å². The molecule has 30 heavy (non-hydrogen) atoms. The number of carbonyl (C=O) groups excluding carboxylic acids is 2. The second kappa shape index (κ2) is 9.10. The maximum absolute atomic E-state index is 14.0. The molecule has 4 rings (SSSR count). The Balaban J connectivity index is 1.26. The Bertz CT molecular complexity index is 1050. The molecule has 2 amide bonds. The lowest BCUT2D eigenvalue weighted by Gasteiger charge is -2.35. The van der Waals surface area contributed by atoms with Crippen LogP contribution in [0.2, 0.25) is 5.02 Å². The number of hydrogen-bond donors (Lipinski definition) is 0. The summed E-state index contributed by atoms with van der Waals surface area (Å²) in [6, 6.07) is 12.0. The van der Waals surface area contributed by atoms with Crippen LogP contribution in [0, 0.1) is 5.82 Å². The van der Waals surface area contributed by atoms with Gasteiger partial charge in [-0.05, 0) is 43.2 Å². The maximum Gasteiger partial charge on any atom is 0.257 e. The molecule has 0 N–H and O–H groups in total. The molecule has 5 nitrogen and oxygen atoms in total. The molecule has 1 aliphatic rings. The van der Waals surface area contributed by atoms with Crippen LogP contribution in [0.25, 0.3) is 10.2 Å². The van der Waals surface area contributed by atoms with Gasteiger partial charge in [0.2, 0.25) is 5.91 Å². The number of benzene rings is 2. The zero-order valence-corrected chi connectivity index (χ0v) is 17.9. The average molecular weight is 446 g/mol. The van der Waals surface area contributed by atoms with Gasteiger partial charge in [-0.15, -0.1) is 11.3 Å². The van der Waals surface area contributed by atoms with Crippen LogP contribution in [0.1, 0.15) is 28.2 Å². The highest BCUT2D eigenvalue weighted by molar-refractivity contribution is 7.18. The van der Waals surface area contributed by atoms with Gasteiger partial charge in [0.05, 0.1) is 20.8 Å². The van der Waals surface area contributed by atoms with E-state index >= 15 is 0 Å². The summed E-state index contributed by atoms with van der Waals surface area (Å²) in [6.45, 7) is 1.67. The van der Waals surface area contributed by atoms with Crippen molar-refractivity contribution in [2.45, 2.75) is 19.3 Å². The third-order valence-electron chi connectivity index (χ3n) is 5.20. The number of carbonyl (C=O) groups is 2. The van der Waals surface area contributed by atoms with Gasteiger partial charge >= 0.3 is 0 Å². The molecule has 1 aliphatic heterocycles. The standard InChI is InChI=1S/C22H21ClFN3O2S/c23-15-8-9-17(24)16(14-15)22(29)27-12-10-26(11-13-27)21(28)7-3-6-20-25-18-4-1-2-5-19(18)30-20/h1-2,4-5,8-9,14H,3,6-7,10-13H2. The molecule has 0 atom stereocenters. The van der Waals surface area contributed by atoms with E-state index < -0.39 is 11.7 Å².